The Morgan fingerprint density at radius 3 is 2.39 bits per heavy atom. The number of carbonyl (C=O) groups is 2. The van der Waals surface area contributed by atoms with Crippen LogP contribution in [0.5, 0.6) is 0 Å². The van der Waals surface area contributed by atoms with Crippen molar-refractivity contribution >= 4 is 29.1 Å². The van der Waals surface area contributed by atoms with Crippen molar-refractivity contribution in [2.45, 2.75) is 26.0 Å². The van der Waals surface area contributed by atoms with Gasteiger partial charge in [0.1, 0.15) is 17.9 Å². The highest BCUT2D eigenvalue weighted by atomic mass is 35.5. The molecule has 2 aromatic carbocycles. The molecule has 0 aliphatic rings. The lowest BCUT2D eigenvalue weighted by Crippen LogP contribution is -2.52. The maximum atomic E-state index is 12.9. The van der Waals surface area contributed by atoms with Crippen LogP contribution in [-0.4, -0.2) is 29.1 Å². The summed E-state index contributed by atoms with van der Waals surface area (Å²) in [6, 6.07) is 8.67. The lowest BCUT2D eigenvalue weighted by atomic mass is 10.1. The van der Waals surface area contributed by atoms with E-state index in [-0.39, 0.29) is 16.1 Å². The SMILES string of the molecule is Cc1c(N[C@@H](C(=O)NNC(=O)c2ccc(F)cc2)[C@@H](C)O)ccc(C#N)c1Cl. The molecule has 0 aliphatic carbocycles. The van der Waals surface area contributed by atoms with Gasteiger partial charge in [0, 0.05) is 11.3 Å². The topological polar surface area (TPSA) is 114 Å². The van der Waals surface area contributed by atoms with Gasteiger partial charge in [-0.1, -0.05) is 11.6 Å². The van der Waals surface area contributed by atoms with Crippen LogP contribution in [0.2, 0.25) is 5.02 Å². The number of aliphatic hydroxyl groups is 1. The smallest absolute Gasteiger partial charge is 0.269 e. The van der Waals surface area contributed by atoms with Crippen molar-refractivity contribution in [1.29, 1.82) is 5.26 Å². The molecule has 146 valence electrons. The maximum Gasteiger partial charge on any atom is 0.269 e. The number of hydrogen-bond donors (Lipinski definition) is 4. The molecule has 28 heavy (non-hydrogen) atoms. The summed E-state index contributed by atoms with van der Waals surface area (Å²) in [5.74, 6) is -1.84. The number of hydrazine groups is 1. The van der Waals surface area contributed by atoms with Crippen LogP contribution in [0.4, 0.5) is 10.1 Å². The Morgan fingerprint density at radius 1 is 1.18 bits per heavy atom. The molecule has 0 unspecified atom stereocenters. The first kappa shape index (κ1) is 21.2. The minimum absolute atomic E-state index is 0.151. The van der Waals surface area contributed by atoms with Crippen LogP contribution >= 0.6 is 11.6 Å². The highest BCUT2D eigenvalue weighted by Crippen LogP contribution is 2.27. The summed E-state index contributed by atoms with van der Waals surface area (Å²) in [6.07, 6.45) is -1.11. The van der Waals surface area contributed by atoms with Crippen LogP contribution in [-0.2, 0) is 4.79 Å². The monoisotopic (exact) mass is 404 g/mol. The fourth-order valence-corrected chi connectivity index (χ4v) is 2.58. The normalized spacial score (nSPS) is 12.4. The van der Waals surface area contributed by atoms with Crippen molar-refractivity contribution in [2.75, 3.05) is 5.32 Å². The molecule has 9 heteroatoms. The van der Waals surface area contributed by atoms with Crippen molar-refractivity contribution in [2.24, 2.45) is 0 Å². The van der Waals surface area contributed by atoms with Crippen LogP contribution in [0.1, 0.15) is 28.4 Å². The van der Waals surface area contributed by atoms with Crippen LogP contribution in [0, 0.1) is 24.1 Å². The van der Waals surface area contributed by atoms with Crippen molar-refractivity contribution in [3.63, 3.8) is 0 Å². The average molecular weight is 405 g/mol. The van der Waals surface area contributed by atoms with E-state index in [0.29, 0.717) is 11.3 Å². The Labute approximate surface area is 166 Å². The fourth-order valence-electron chi connectivity index (χ4n) is 2.37. The van der Waals surface area contributed by atoms with Gasteiger partial charge in [-0.2, -0.15) is 5.26 Å². The van der Waals surface area contributed by atoms with Gasteiger partial charge in [0.25, 0.3) is 11.8 Å². The van der Waals surface area contributed by atoms with E-state index in [9.17, 15) is 19.1 Å². The van der Waals surface area contributed by atoms with E-state index in [2.05, 4.69) is 16.2 Å². The molecule has 0 aliphatic heterocycles. The first-order chi connectivity index (χ1) is 13.2. The zero-order chi connectivity index (χ0) is 20.8. The largest absolute Gasteiger partial charge is 0.391 e. The molecule has 0 aromatic heterocycles. The summed E-state index contributed by atoms with van der Waals surface area (Å²) < 4.78 is 12.9. The molecular formula is C19H18ClFN4O3. The predicted octanol–water partition coefficient (Wildman–Crippen LogP) is 2.28. The highest BCUT2D eigenvalue weighted by molar-refractivity contribution is 6.32. The molecular weight excluding hydrogens is 387 g/mol. The van der Waals surface area contributed by atoms with E-state index in [1.807, 2.05) is 6.07 Å². The molecule has 2 aromatic rings. The van der Waals surface area contributed by atoms with Gasteiger partial charge in [0.15, 0.2) is 0 Å². The summed E-state index contributed by atoms with van der Waals surface area (Å²) >= 11 is 6.11. The van der Waals surface area contributed by atoms with Crippen LogP contribution < -0.4 is 16.2 Å². The Balaban J connectivity index is 2.08. The van der Waals surface area contributed by atoms with E-state index < -0.39 is 29.8 Å². The average Bonchev–Trinajstić information content (AvgIpc) is 2.67. The molecule has 0 spiro atoms. The van der Waals surface area contributed by atoms with Crippen LogP contribution in [0.3, 0.4) is 0 Å². The van der Waals surface area contributed by atoms with Crippen molar-refractivity contribution < 1.29 is 19.1 Å². The second-order valence-corrected chi connectivity index (χ2v) is 6.40. The number of benzene rings is 2. The van der Waals surface area contributed by atoms with E-state index in [1.54, 1.807) is 13.0 Å². The predicted molar refractivity (Wildman–Crippen MR) is 102 cm³/mol. The molecule has 0 saturated heterocycles. The van der Waals surface area contributed by atoms with Gasteiger partial charge in [0.05, 0.1) is 16.7 Å². The first-order valence-electron chi connectivity index (χ1n) is 8.24. The standard InChI is InChI=1S/C19H18ClFN4O3/c1-10-15(8-5-13(9-22)16(10)20)23-17(11(2)26)19(28)25-24-18(27)12-3-6-14(21)7-4-12/h3-8,11,17,23,26H,1-2H3,(H,24,27)(H,25,28)/t11-,17-/m1/s1. The number of nitrogens with zero attached hydrogens (tertiary/aromatic N) is 1. The number of rotatable bonds is 5. The Bertz CT molecular complexity index is 926. The van der Waals surface area contributed by atoms with Crippen LogP contribution in [0.25, 0.3) is 0 Å². The van der Waals surface area contributed by atoms with E-state index in [4.69, 9.17) is 16.9 Å². The minimum atomic E-state index is -1.11. The van der Waals surface area contributed by atoms with Gasteiger partial charge in [-0.15, -0.1) is 0 Å². The molecule has 0 radical (unpaired) electrons. The van der Waals surface area contributed by atoms with Gasteiger partial charge >= 0.3 is 0 Å². The number of nitriles is 1. The third kappa shape index (κ3) is 4.97. The molecule has 7 nitrogen and oxygen atoms in total. The van der Waals surface area contributed by atoms with Gasteiger partial charge < -0.3 is 10.4 Å². The molecule has 2 rings (SSSR count). The number of anilines is 1. The minimum Gasteiger partial charge on any atom is -0.391 e. The summed E-state index contributed by atoms with van der Waals surface area (Å²) in [5.41, 5.74) is 5.84. The second kappa shape index (κ2) is 9.17. The number of nitrogens with one attached hydrogen (secondary N) is 3. The maximum absolute atomic E-state index is 12.9. The third-order valence-electron chi connectivity index (χ3n) is 3.99. The van der Waals surface area contributed by atoms with Crippen LogP contribution in [0.15, 0.2) is 36.4 Å². The van der Waals surface area contributed by atoms with Gasteiger partial charge in [-0.3, -0.25) is 20.4 Å². The number of carbonyl (C=O) groups excluding carboxylic acids is 2. The summed E-state index contributed by atoms with van der Waals surface area (Å²) in [5, 5.41) is 22.0. The van der Waals surface area contributed by atoms with Gasteiger partial charge in [-0.25, -0.2) is 4.39 Å². The summed E-state index contributed by atoms with van der Waals surface area (Å²) in [4.78, 5) is 24.4. The molecule has 0 saturated carbocycles. The number of aliphatic hydroxyl groups excluding tert-OH is 1. The summed E-state index contributed by atoms with van der Waals surface area (Å²) in [7, 11) is 0. The zero-order valence-corrected chi connectivity index (χ0v) is 15.8. The third-order valence-corrected chi connectivity index (χ3v) is 4.48. The first-order valence-corrected chi connectivity index (χ1v) is 8.62. The second-order valence-electron chi connectivity index (χ2n) is 6.02. The van der Waals surface area contributed by atoms with E-state index in [1.165, 1.54) is 25.1 Å². The van der Waals surface area contributed by atoms with Gasteiger partial charge in [-0.05, 0) is 55.8 Å². The number of hydrogen-bond acceptors (Lipinski definition) is 5. The lowest BCUT2D eigenvalue weighted by Gasteiger charge is -2.23. The number of amides is 2. The van der Waals surface area contributed by atoms with E-state index >= 15 is 0 Å². The fraction of sp³-hybridized carbons (Fsp3) is 0.211. The number of halogens is 2. The van der Waals surface area contributed by atoms with Crippen molar-refractivity contribution in [3.05, 3.63) is 63.9 Å². The lowest BCUT2D eigenvalue weighted by molar-refractivity contribution is -0.124. The Kier molecular flexibility index (Phi) is 6.93. The van der Waals surface area contributed by atoms with E-state index in [0.717, 1.165) is 12.1 Å². The quantitative estimate of drug-likeness (QED) is 0.571. The Hall–Kier alpha value is -3.15. The highest BCUT2D eigenvalue weighted by Gasteiger charge is 2.25. The Morgan fingerprint density at radius 2 is 1.82 bits per heavy atom. The summed E-state index contributed by atoms with van der Waals surface area (Å²) in [6.45, 7) is 3.07. The molecule has 0 heterocycles. The molecule has 2 amide bonds. The van der Waals surface area contributed by atoms with Crippen molar-refractivity contribution in [1.82, 2.24) is 10.9 Å². The van der Waals surface area contributed by atoms with Crippen molar-refractivity contribution in [3.8, 4) is 6.07 Å². The molecule has 4 N–H and O–H groups in total. The van der Waals surface area contributed by atoms with Gasteiger partial charge in [0.2, 0.25) is 0 Å². The molecule has 2 atom stereocenters. The molecule has 0 bridgehead atoms. The molecule has 0 fully saturated rings. The zero-order valence-electron chi connectivity index (χ0n) is 15.1.